The molecule has 0 radical (unpaired) electrons. The van der Waals surface area contributed by atoms with Gasteiger partial charge in [0.25, 0.3) is 0 Å². The van der Waals surface area contributed by atoms with Crippen LogP contribution in [0.25, 0.3) is 0 Å². The summed E-state index contributed by atoms with van der Waals surface area (Å²) < 4.78 is 5.40. The van der Waals surface area contributed by atoms with E-state index in [0.717, 1.165) is 24.4 Å². The highest BCUT2D eigenvalue weighted by molar-refractivity contribution is 5.78. The van der Waals surface area contributed by atoms with Gasteiger partial charge >= 0.3 is 0 Å². The minimum atomic E-state index is 0.0415. The molecule has 4 rings (SSSR count). The molecule has 1 saturated heterocycles. The zero-order chi connectivity index (χ0) is 17.2. The molecular weight excluding hydrogens is 316 g/mol. The van der Waals surface area contributed by atoms with Gasteiger partial charge < -0.3 is 10.1 Å². The fraction of sp³-hybridized carbons (Fsp3) is 0.474. The number of nitrogens with one attached hydrogen (secondary N) is 2. The van der Waals surface area contributed by atoms with Crippen molar-refractivity contribution in [1.82, 2.24) is 20.4 Å². The van der Waals surface area contributed by atoms with Gasteiger partial charge in [-0.05, 0) is 43.0 Å². The molecule has 1 aromatic carbocycles. The second-order valence-corrected chi connectivity index (χ2v) is 6.91. The molecule has 2 aromatic rings. The Morgan fingerprint density at radius 1 is 1.36 bits per heavy atom. The van der Waals surface area contributed by atoms with Crippen molar-refractivity contribution in [1.29, 1.82) is 0 Å². The lowest BCUT2D eigenvalue weighted by Gasteiger charge is -2.29. The van der Waals surface area contributed by atoms with Crippen molar-refractivity contribution in [3.8, 4) is 5.75 Å². The predicted octanol–water partition coefficient (Wildman–Crippen LogP) is 2.05. The van der Waals surface area contributed by atoms with Crippen LogP contribution in [0.4, 0.5) is 0 Å². The maximum atomic E-state index is 12.5. The van der Waals surface area contributed by atoms with E-state index in [1.165, 1.54) is 18.4 Å². The van der Waals surface area contributed by atoms with Crippen molar-refractivity contribution in [2.75, 3.05) is 13.7 Å². The number of aromatic nitrogens is 2. The first-order chi connectivity index (χ1) is 12.2. The summed E-state index contributed by atoms with van der Waals surface area (Å²) in [7, 11) is 1.69. The lowest BCUT2D eigenvalue weighted by atomic mass is 9.99. The number of ether oxygens (including phenoxy) is 1. The maximum Gasteiger partial charge on any atom is 0.226 e. The molecule has 1 saturated carbocycles. The number of nitrogens with zero attached hydrogens (tertiary/aromatic N) is 2. The summed E-state index contributed by atoms with van der Waals surface area (Å²) >= 11 is 0. The molecule has 1 aliphatic carbocycles. The monoisotopic (exact) mass is 340 g/mol. The van der Waals surface area contributed by atoms with E-state index in [4.69, 9.17) is 4.74 Å². The van der Waals surface area contributed by atoms with E-state index in [1.807, 2.05) is 18.2 Å². The summed E-state index contributed by atoms with van der Waals surface area (Å²) in [6, 6.07) is 11.1. The second kappa shape index (κ2) is 6.88. The standard InChI is InChI=1S/C19H24N4O2/c1-25-16-4-2-3-13(11-16)19-17(8-10-23(19)15-5-6-15)21-18(24)12-14-7-9-20-22-14/h2-4,7,9,11,15,17,19H,5-6,8,10,12H2,1H3,(H,20,22)(H,21,24). The topological polar surface area (TPSA) is 70.2 Å². The summed E-state index contributed by atoms with van der Waals surface area (Å²) in [6.07, 6.45) is 5.51. The fourth-order valence-electron chi connectivity index (χ4n) is 3.85. The van der Waals surface area contributed by atoms with Crippen LogP contribution in [0, 0.1) is 0 Å². The molecule has 6 heteroatoms. The van der Waals surface area contributed by atoms with Gasteiger partial charge in [-0.3, -0.25) is 14.8 Å². The number of benzene rings is 1. The highest BCUT2D eigenvalue weighted by Gasteiger charge is 2.43. The zero-order valence-corrected chi connectivity index (χ0v) is 14.4. The van der Waals surface area contributed by atoms with E-state index >= 15 is 0 Å². The first-order valence-electron chi connectivity index (χ1n) is 8.92. The third kappa shape index (κ3) is 3.54. The predicted molar refractivity (Wildman–Crippen MR) is 94.3 cm³/mol. The minimum Gasteiger partial charge on any atom is -0.497 e. The number of likely N-dealkylation sites (tertiary alicyclic amines) is 1. The normalized spacial score (nSPS) is 23.6. The third-order valence-corrected chi connectivity index (χ3v) is 5.14. The molecule has 1 aromatic heterocycles. The van der Waals surface area contributed by atoms with Crippen LogP contribution in [0.3, 0.4) is 0 Å². The molecule has 2 fully saturated rings. The van der Waals surface area contributed by atoms with E-state index in [2.05, 4.69) is 32.5 Å². The van der Waals surface area contributed by atoms with Gasteiger partial charge in [-0.2, -0.15) is 5.10 Å². The van der Waals surface area contributed by atoms with Crippen molar-refractivity contribution in [3.63, 3.8) is 0 Å². The Morgan fingerprint density at radius 2 is 2.24 bits per heavy atom. The highest BCUT2D eigenvalue weighted by atomic mass is 16.5. The van der Waals surface area contributed by atoms with Crippen LogP contribution in [0.1, 0.15) is 36.6 Å². The van der Waals surface area contributed by atoms with Crippen LogP contribution in [-0.4, -0.2) is 46.7 Å². The van der Waals surface area contributed by atoms with Crippen molar-refractivity contribution in [2.45, 2.75) is 43.8 Å². The Labute approximate surface area is 147 Å². The number of rotatable bonds is 6. The van der Waals surface area contributed by atoms with Crippen LogP contribution < -0.4 is 10.1 Å². The van der Waals surface area contributed by atoms with E-state index in [9.17, 15) is 4.79 Å². The molecule has 132 valence electrons. The number of carbonyl (C=O) groups excluding carboxylic acids is 1. The number of aromatic amines is 1. The molecule has 1 aliphatic heterocycles. The Balaban J connectivity index is 1.52. The van der Waals surface area contributed by atoms with Gasteiger partial charge in [-0.25, -0.2) is 0 Å². The number of hydrogen-bond donors (Lipinski definition) is 2. The van der Waals surface area contributed by atoms with Gasteiger partial charge in [0.15, 0.2) is 0 Å². The van der Waals surface area contributed by atoms with Crippen LogP contribution in [-0.2, 0) is 11.2 Å². The van der Waals surface area contributed by atoms with Gasteiger partial charge in [0.05, 0.1) is 19.6 Å². The summed E-state index contributed by atoms with van der Waals surface area (Å²) in [5.74, 6) is 0.905. The van der Waals surface area contributed by atoms with Gasteiger partial charge in [0, 0.05) is 30.5 Å². The molecule has 2 atom stereocenters. The van der Waals surface area contributed by atoms with Crippen LogP contribution in [0.5, 0.6) is 5.75 Å². The van der Waals surface area contributed by atoms with Gasteiger partial charge in [-0.1, -0.05) is 12.1 Å². The number of hydrogen-bond acceptors (Lipinski definition) is 4. The molecule has 2 N–H and O–H groups in total. The molecule has 25 heavy (non-hydrogen) atoms. The SMILES string of the molecule is COc1cccc(C2C(NC(=O)Cc3ccn[nH]3)CCN2C2CC2)c1. The molecule has 2 unspecified atom stereocenters. The Morgan fingerprint density at radius 3 is 2.96 bits per heavy atom. The van der Waals surface area contributed by atoms with Crippen molar-refractivity contribution in [2.24, 2.45) is 0 Å². The second-order valence-electron chi connectivity index (χ2n) is 6.91. The third-order valence-electron chi connectivity index (χ3n) is 5.14. The Kier molecular flexibility index (Phi) is 4.44. The van der Waals surface area contributed by atoms with Gasteiger partial charge in [0.1, 0.15) is 5.75 Å². The molecule has 0 spiro atoms. The lowest BCUT2D eigenvalue weighted by Crippen LogP contribution is -2.40. The van der Waals surface area contributed by atoms with Crippen molar-refractivity contribution < 1.29 is 9.53 Å². The van der Waals surface area contributed by atoms with Gasteiger partial charge in [-0.15, -0.1) is 0 Å². The number of carbonyl (C=O) groups is 1. The molecule has 2 heterocycles. The fourth-order valence-corrected chi connectivity index (χ4v) is 3.85. The van der Waals surface area contributed by atoms with E-state index in [-0.39, 0.29) is 18.0 Å². The average molecular weight is 340 g/mol. The van der Waals surface area contributed by atoms with Crippen LogP contribution in [0.2, 0.25) is 0 Å². The van der Waals surface area contributed by atoms with E-state index < -0.39 is 0 Å². The minimum absolute atomic E-state index is 0.0415. The summed E-state index contributed by atoms with van der Waals surface area (Å²) in [5.41, 5.74) is 2.06. The Hall–Kier alpha value is -2.34. The maximum absolute atomic E-state index is 12.5. The quantitative estimate of drug-likeness (QED) is 0.844. The smallest absolute Gasteiger partial charge is 0.226 e. The molecule has 0 bridgehead atoms. The summed E-state index contributed by atoms with van der Waals surface area (Å²) in [6.45, 7) is 1.03. The Bertz CT molecular complexity index is 727. The van der Waals surface area contributed by atoms with Crippen molar-refractivity contribution >= 4 is 5.91 Å². The number of H-pyrrole nitrogens is 1. The summed E-state index contributed by atoms with van der Waals surface area (Å²) in [5, 5.41) is 10.0. The highest BCUT2D eigenvalue weighted by Crippen LogP contribution is 2.41. The van der Waals surface area contributed by atoms with Gasteiger partial charge in [0.2, 0.25) is 5.91 Å². The van der Waals surface area contributed by atoms with Crippen molar-refractivity contribution in [3.05, 3.63) is 47.8 Å². The van der Waals surface area contributed by atoms with E-state index in [0.29, 0.717) is 12.5 Å². The van der Waals surface area contributed by atoms with Crippen LogP contribution >= 0.6 is 0 Å². The molecule has 1 amide bonds. The molecular formula is C19H24N4O2. The average Bonchev–Trinajstić information content (AvgIpc) is 3.19. The first kappa shape index (κ1) is 16.1. The summed E-state index contributed by atoms with van der Waals surface area (Å²) in [4.78, 5) is 15.0. The lowest BCUT2D eigenvalue weighted by molar-refractivity contribution is -0.121. The number of amides is 1. The zero-order valence-electron chi connectivity index (χ0n) is 14.4. The van der Waals surface area contributed by atoms with E-state index in [1.54, 1.807) is 13.3 Å². The first-order valence-corrected chi connectivity index (χ1v) is 8.92. The number of methoxy groups -OCH3 is 1. The van der Waals surface area contributed by atoms with Crippen LogP contribution in [0.15, 0.2) is 36.5 Å². The largest absolute Gasteiger partial charge is 0.497 e. The molecule has 2 aliphatic rings. The molecule has 6 nitrogen and oxygen atoms in total.